The Hall–Kier alpha value is -3.91. The van der Waals surface area contributed by atoms with E-state index >= 15 is 0 Å². The zero-order valence-corrected chi connectivity index (χ0v) is 20.0. The molecule has 0 spiro atoms. The summed E-state index contributed by atoms with van der Waals surface area (Å²) in [6.07, 6.45) is 3.75. The van der Waals surface area contributed by atoms with E-state index in [0.717, 1.165) is 16.5 Å². The van der Waals surface area contributed by atoms with Crippen molar-refractivity contribution in [2.45, 2.75) is 13.3 Å². The van der Waals surface area contributed by atoms with Crippen molar-refractivity contribution in [3.05, 3.63) is 82.8 Å². The van der Waals surface area contributed by atoms with E-state index in [2.05, 4.69) is 20.2 Å². The number of furan rings is 1. The highest BCUT2D eigenvalue weighted by Crippen LogP contribution is 2.31. The highest BCUT2D eigenvalue weighted by atomic mass is 35.5. The molecule has 4 aromatic rings. The molecule has 2 aromatic heterocycles. The van der Waals surface area contributed by atoms with Crippen LogP contribution in [0.3, 0.4) is 0 Å². The number of amides is 2. The zero-order chi connectivity index (χ0) is 24.4. The van der Waals surface area contributed by atoms with E-state index in [4.69, 9.17) is 16.0 Å². The topological polar surface area (TPSA) is 91.6 Å². The Balaban J connectivity index is 1.17. The number of para-hydroxylation sites is 1. The summed E-state index contributed by atoms with van der Waals surface area (Å²) in [4.78, 5) is 38.1. The molecule has 2 aromatic carbocycles. The summed E-state index contributed by atoms with van der Waals surface area (Å²) in [5, 5.41) is 4.14. The number of aryl methyl sites for hydroxylation is 1. The van der Waals surface area contributed by atoms with Crippen molar-refractivity contribution in [1.29, 1.82) is 0 Å². The third kappa shape index (κ3) is 4.83. The molecule has 178 valence electrons. The van der Waals surface area contributed by atoms with E-state index < -0.39 is 0 Å². The molecule has 2 amide bonds. The number of rotatable bonds is 5. The summed E-state index contributed by atoms with van der Waals surface area (Å²) >= 11 is 6.19. The van der Waals surface area contributed by atoms with Gasteiger partial charge in [-0.2, -0.15) is 0 Å². The fraction of sp³-hybridized carbons (Fsp3) is 0.231. The van der Waals surface area contributed by atoms with Crippen LogP contribution < -0.4 is 10.2 Å². The molecule has 35 heavy (non-hydrogen) atoms. The Morgan fingerprint density at radius 2 is 1.71 bits per heavy atom. The third-order valence-corrected chi connectivity index (χ3v) is 6.45. The number of anilines is 2. The Kier molecular flexibility index (Phi) is 6.37. The van der Waals surface area contributed by atoms with Crippen LogP contribution in [0.4, 0.5) is 11.6 Å². The standard InChI is InChI=1S/C26H24ClN5O3/c1-17-20-4-2-5-21(27)24(20)35-23(17)25(34)30-19-8-6-18(7-9-19)16-22(33)31-12-14-32(15-13-31)26-28-10-3-11-29-26/h2-11H,12-16H2,1H3,(H,30,34). The monoisotopic (exact) mass is 489 g/mol. The lowest BCUT2D eigenvalue weighted by Gasteiger charge is -2.34. The maximum Gasteiger partial charge on any atom is 0.291 e. The first kappa shape index (κ1) is 22.9. The molecule has 0 saturated carbocycles. The summed E-state index contributed by atoms with van der Waals surface area (Å²) in [7, 11) is 0. The van der Waals surface area contributed by atoms with Gasteiger partial charge in [-0.05, 0) is 36.8 Å². The molecule has 1 fully saturated rings. The van der Waals surface area contributed by atoms with Crippen molar-refractivity contribution in [2.24, 2.45) is 0 Å². The van der Waals surface area contributed by atoms with Gasteiger partial charge in [0.05, 0.1) is 11.4 Å². The second-order valence-electron chi connectivity index (χ2n) is 8.42. The number of benzene rings is 2. The van der Waals surface area contributed by atoms with E-state index in [1.54, 1.807) is 36.7 Å². The SMILES string of the molecule is Cc1c(C(=O)Nc2ccc(CC(=O)N3CCN(c4ncccn4)CC3)cc2)oc2c(Cl)cccc12. The zero-order valence-electron chi connectivity index (χ0n) is 19.2. The number of piperazine rings is 1. The maximum absolute atomic E-state index is 12.8. The van der Waals surface area contributed by atoms with Crippen molar-refractivity contribution >= 4 is 46.0 Å². The molecule has 0 aliphatic carbocycles. The Labute approximate surface area is 207 Å². The molecule has 0 radical (unpaired) electrons. The molecular weight excluding hydrogens is 466 g/mol. The first-order valence-electron chi connectivity index (χ1n) is 11.4. The fourth-order valence-electron chi connectivity index (χ4n) is 4.22. The van der Waals surface area contributed by atoms with Gasteiger partial charge in [0.25, 0.3) is 5.91 Å². The highest BCUT2D eigenvalue weighted by molar-refractivity contribution is 6.35. The normalized spacial score (nSPS) is 13.8. The second-order valence-corrected chi connectivity index (χ2v) is 8.82. The predicted molar refractivity (Wildman–Crippen MR) is 135 cm³/mol. The number of carbonyl (C=O) groups excluding carboxylic acids is 2. The first-order chi connectivity index (χ1) is 17.0. The van der Waals surface area contributed by atoms with E-state index in [0.29, 0.717) is 54.8 Å². The van der Waals surface area contributed by atoms with Crippen molar-refractivity contribution in [3.63, 3.8) is 0 Å². The average molecular weight is 490 g/mol. The number of fused-ring (bicyclic) bond motifs is 1. The molecule has 9 heteroatoms. The minimum Gasteiger partial charge on any atom is -0.449 e. The lowest BCUT2D eigenvalue weighted by Crippen LogP contribution is -2.49. The average Bonchev–Trinajstić information content (AvgIpc) is 3.23. The maximum atomic E-state index is 12.8. The van der Waals surface area contributed by atoms with Gasteiger partial charge in [0.1, 0.15) is 0 Å². The molecule has 5 rings (SSSR count). The molecule has 0 unspecified atom stereocenters. The van der Waals surface area contributed by atoms with Gasteiger partial charge in [-0.25, -0.2) is 9.97 Å². The molecule has 0 bridgehead atoms. The fourth-order valence-corrected chi connectivity index (χ4v) is 4.43. The first-order valence-corrected chi connectivity index (χ1v) is 11.7. The lowest BCUT2D eigenvalue weighted by molar-refractivity contribution is -0.130. The summed E-state index contributed by atoms with van der Waals surface area (Å²) in [5.41, 5.74) is 2.74. The Morgan fingerprint density at radius 1 is 1.00 bits per heavy atom. The molecule has 8 nitrogen and oxygen atoms in total. The van der Waals surface area contributed by atoms with Crippen LogP contribution in [0.15, 0.2) is 65.3 Å². The lowest BCUT2D eigenvalue weighted by atomic mass is 10.1. The van der Waals surface area contributed by atoms with Crippen molar-refractivity contribution < 1.29 is 14.0 Å². The van der Waals surface area contributed by atoms with Crippen LogP contribution >= 0.6 is 11.6 Å². The highest BCUT2D eigenvalue weighted by Gasteiger charge is 2.23. The minimum atomic E-state index is -0.348. The van der Waals surface area contributed by atoms with E-state index in [1.807, 2.05) is 36.1 Å². The van der Waals surface area contributed by atoms with Crippen molar-refractivity contribution in [3.8, 4) is 0 Å². The van der Waals surface area contributed by atoms with Gasteiger partial charge < -0.3 is 19.5 Å². The van der Waals surface area contributed by atoms with Crippen LogP contribution in [0.5, 0.6) is 0 Å². The van der Waals surface area contributed by atoms with Gasteiger partial charge >= 0.3 is 0 Å². The van der Waals surface area contributed by atoms with Gasteiger partial charge in [-0.3, -0.25) is 9.59 Å². The summed E-state index contributed by atoms with van der Waals surface area (Å²) in [6, 6.07) is 14.5. The molecule has 0 atom stereocenters. The van der Waals surface area contributed by atoms with Crippen molar-refractivity contribution in [2.75, 3.05) is 36.4 Å². The van der Waals surface area contributed by atoms with Crippen LogP contribution in [-0.4, -0.2) is 52.9 Å². The third-order valence-electron chi connectivity index (χ3n) is 6.16. The number of aromatic nitrogens is 2. The largest absolute Gasteiger partial charge is 0.449 e. The molecule has 1 aliphatic heterocycles. The Morgan fingerprint density at radius 3 is 2.40 bits per heavy atom. The van der Waals surface area contributed by atoms with Crippen LogP contribution in [0.25, 0.3) is 11.0 Å². The number of nitrogens with one attached hydrogen (secondary N) is 1. The van der Waals surface area contributed by atoms with Crippen molar-refractivity contribution in [1.82, 2.24) is 14.9 Å². The summed E-state index contributed by atoms with van der Waals surface area (Å²) in [6.45, 7) is 4.50. The van der Waals surface area contributed by atoms with Crippen LogP contribution in [0.1, 0.15) is 21.7 Å². The van der Waals surface area contributed by atoms with Crippen LogP contribution in [0.2, 0.25) is 5.02 Å². The van der Waals surface area contributed by atoms with Crippen LogP contribution in [-0.2, 0) is 11.2 Å². The van der Waals surface area contributed by atoms with Gasteiger partial charge in [-0.1, -0.05) is 35.9 Å². The molecule has 1 N–H and O–H groups in total. The molecule has 1 saturated heterocycles. The second kappa shape index (κ2) is 9.76. The molecule has 1 aliphatic rings. The smallest absolute Gasteiger partial charge is 0.291 e. The number of hydrogen-bond acceptors (Lipinski definition) is 6. The van der Waals surface area contributed by atoms with E-state index in [9.17, 15) is 9.59 Å². The molecule has 3 heterocycles. The van der Waals surface area contributed by atoms with E-state index in [-0.39, 0.29) is 17.6 Å². The predicted octanol–water partition coefficient (Wildman–Crippen LogP) is 4.33. The number of halogens is 1. The Bertz CT molecular complexity index is 1360. The van der Waals surface area contributed by atoms with Gasteiger partial charge in [0.15, 0.2) is 11.3 Å². The number of hydrogen-bond donors (Lipinski definition) is 1. The summed E-state index contributed by atoms with van der Waals surface area (Å²) < 4.78 is 5.74. The van der Waals surface area contributed by atoms with Gasteiger partial charge in [-0.15, -0.1) is 0 Å². The van der Waals surface area contributed by atoms with Gasteiger partial charge in [0.2, 0.25) is 11.9 Å². The molecular formula is C26H24ClN5O3. The van der Waals surface area contributed by atoms with Crippen LogP contribution in [0, 0.1) is 6.92 Å². The minimum absolute atomic E-state index is 0.0743. The number of nitrogens with zero attached hydrogens (tertiary/aromatic N) is 4. The van der Waals surface area contributed by atoms with E-state index in [1.165, 1.54) is 0 Å². The quantitative estimate of drug-likeness (QED) is 0.448. The number of carbonyl (C=O) groups is 2. The van der Waals surface area contributed by atoms with Gasteiger partial charge in [0, 0.05) is 55.2 Å². The summed E-state index contributed by atoms with van der Waals surface area (Å²) in [5.74, 6) is 0.648.